The first-order valence-corrected chi connectivity index (χ1v) is 9.17. The topological polar surface area (TPSA) is 96.4 Å². The van der Waals surface area contributed by atoms with Crippen molar-refractivity contribution >= 4 is 38.7 Å². The van der Waals surface area contributed by atoms with E-state index in [1.807, 2.05) is 13.8 Å². The van der Waals surface area contributed by atoms with Crippen molar-refractivity contribution in [3.05, 3.63) is 31.9 Å². The van der Waals surface area contributed by atoms with Crippen molar-refractivity contribution in [2.45, 2.75) is 31.7 Å². The number of rotatable bonds is 5. The van der Waals surface area contributed by atoms with E-state index in [0.717, 1.165) is 26.9 Å². The van der Waals surface area contributed by atoms with Gasteiger partial charge in [0, 0.05) is 4.88 Å². The van der Waals surface area contributed by atoms with Crippen molar-refractivity contribution in [3.8, 4) is 0 Å². The molecule has 0 bridgehead atoms. The minimum Gasteiger partial charge on any atom is -0.477 e. The van der Waals surface area contributed by atoms with Crippen LogP contribution >= 0.6 is 22.7 Å². The molecule has 2 N–H and O–H groups in total. The molecule has 2 aromatic rings. The molecule has 0 radical (unpaired) electrons. The van der Waals surface area contributed by atoms with Gasteiger partial charge >= 0.3 is 5.97 Å². The van der Waals surface area contributed by atoms with Gasteiger partial charge in [-0.2, -0.15) is 0 Å². The summed E-state index contributed by atoms with van der Waals surface area (Å²) in [7, 11) is -3.89. The van der Waals surface area contributed by atoms with Crippen molar-refractivity contribution in [2.24, 2.45) is 0 Å². The van der Waals surface area contributed by atoms with Gasteiger partial charge < -0.3 is 5.11 Å². The molecule has 0 saturated carbocycles. The number of nitrogens with zero attached hydrogens (tertiary/aromatic N) is 1. The van der Waals surface area contributed by atoms with Crippen LogP contribution in [0, 0.1) is 13.8 Å². The van der Waals surface area contributed by atoms with Crippen LogP contribution in [0.15, 0.2) is 16.3 Å². The second-order valence-corrected chi connectivity index (χ2v) is 8.28. The maximum absolute atomic E-state index is 12.3. The highest BCUT2D eigenvalue weighted by atomic mass is 32.2. The highest BCUT2D eigenvalue weighted by Crippen LogP contribution is 2.28. The minimum atomic E-state index is -3.89. The summed E-state index contributed by atoms with van der Waals surface area (Å²) in [4.78, 5) is 15.7. The van der Waals surface area contributed by atoms with E-state index in [1.54, 1.807) is 6.92 Å². The summed E-state index contributed by atoms with van der Waals surface area (Å²) in [5.74, 6) is -1.25. The maximum atomic E-state index is 12.3. The van der Waals surface area contributed by atoms with Gasteiger partial charge in [-0.25, -0.2) is 22.9 Å². The van der Waals surface area contributed by atoms with E-state index in [-0.39, 0.29) is 9.77 Å². The van der Waals surface area contributed by atoms with E-state index >= 15 is 0 Å². The van der Waals surface area contributed by atoms with Crippen LogP contribution in [0.4, 0.5) is 0 Å². The van der Waals surface area contributed by atoms with Crippen LogP contribution in [0.3, 0.4) is 0 Å². The van der Waals surface area contributed by atoms with Crippen molar-refractivity contribution < 1.29 is 18.3 Å². The Labute approximate surface area is 130 Å². The van der Waals surface area contributed by atoms with Crippen LogP contribution in [0.2, 0.25) is 0 Å². The number of nitrogens with one attached hydrogen (secondary N) is 1. The molecular weight excluding hydrogens is 332 g/mol. The normalized spacial score (nSPS) is 13.3. The van der Waals surface area contributed by atoms with Crippen LogP contribution in [0.1, 0.15) is 38.2 Å². The number of thiophene rings is 1. The molecule has 1 unspecified atom stereocenters. The quantitative estimate of drug-likeness (QED) is 0.867. The van der Waals surface area contributed by atoms with E-state index < -0.39 is 22.0 Å². The van der Waals surface area contributed by atoms with Gasteiger partial charge in [0.05, 0.1) is 16.7 Å². The molecule has 9 heteroatoms. The lowest BCUT2D eigenvalue weighted by Crippen LogP contribution is -2.27. The van der Waals surface area contributed by atoms with Crippen molar-refractivity contribution in [3.63, 3.8) is 0 Å². The first-order chi connectivity index (χ1) is 9.72. The average molecular weight is 346 g/mol. The van der Waals surface area contributed by atoms with Crippen LogP contribution < -0.4 is 4.72 Å². The Morgan fingerprint density at radius 2 is 2.10 bits per heavy atom. The second kappa shape index (κ2) is 5.84. The average Bonchev–Trinajstić information content (AvgIpc) is 2.95. The van der Waals surface area contributed by atoms with Gasteiger partial charge in [-0.15, -0.1) is 22.7 Å². The van der Waals surface area contributed by atoms with Crippen molar-refractivity contribution in [1.29, 1.82) is 0 Å². The Kier molecular flexibility index (Phi) is 4.47. The molecule has 1 atom stereocenters. The largest absolute Gasteiger partial charge is 0.477 e. The highest BCUT2D eigenvalue weighted by Gasteiger charge is 2.26. The zero-order chi connectivity index (χ0) is 15.8. The molecule has 6 nitrogen and oxygen atoms in total. The lowest BCUT2D eigenvalue weighted by molar-refractivity contribution is 0.0698. The number of aromatic nitrogens is 1. The monoisotopic (exact) mass is 346 g/mol. The predicted molar refractivity (Wildman–Crippen MR) is 81.6 cm³/mol. The van der Waals surface area contributed by atoms with E-state index in [1.165, 1.54) is 22.8 Å². The van der Waals surface area contributed by atoms with Crippen molar-refractivity contribution in [2.75, 3.05) is 0 Å². The maximum Gasteiger partial charge on any atom is 0.347 e. The van der Waals surface area contributed by atoms with Gasteiger partial charge in [0.25, 0.3) is 0 Å². The first-order valence-electron chi connectivity index (χ1n) is 5.99. The lowest BCUT2D eigenvalue weighted by atomic mass is 10.2. The molecule has 2 aromatic heterocycles. The van der Waals surface area contributed by atoms with Gasteiger partial charge in [-0.3, -0.25) is 0 Å². The highest BCUT2D eigenvalue weighted by molar-refractivity contribution is 7.89. The molecule has 0 spiro atoms. The molecule has 0 amide bonds. The lowest BCUT2D eigenvalue weighted by Gasteiger charge is -2.13. The van der Waals surface area contributed by atoms with E-state index in [9.17, 15) is 13.2 Å². The number of carboxylic acids is 1. The first kappa shape index (κ1) is 16.1. The number of hydrogen-bond donors (Lipinski definition) is 2. The molecule has 114 valence electrons. The third-order valence-corrected chi connectivity index (χ3v) is 6.65. The van der Waals surface area contributed by atoms with Gasteiger partial charge in [-0.05, 0) is 32.2 Å². The molecule has 2 heterocycles. The number of carboxylic acid groups (broad SMARTS) is 1. The number of thiazole rings is 1. The summed E-state index contributed by atoms with van der Waals surface area (Å²) in [6.07, 6.45) is 0. The molecule has 0 aliphatic heterocycles. The molecule has 0 aliphatic rings. The van der Waals surface area contributed by atoms with Crippen LogP contribution in [-0.2, 0) is 10.0 Å². The zero-order valence-corrected chi connectivity index (χ0v) is 14.0. The molecule has 0 saturated heterocycles. The summed E-state index contributed by atoms with van der Waals surface area (Å²) in [5, 5.41) is 11.3. The van der Waals surface area contributed by atoms with E-state index in [4.69, 9.17) is 5.11 Å². The molecule has 0 fully saturated rings. The number of aromatic carboxylic acids is 1. The summed E-state index contributed by atoms with van der Waals surface area (Å²) in [6.45, 7) is 5.38. The van der Waals surface area contributed by atoms with E-state index in [2.05, 4.69) is 9.71 Å². The zero-order valence-electron chi connectivity index (χ0n) is 11.6. The summed E-state index contributed by atoms with van der Waals surface area (Å²) < 4.78 is 27.2. The standard InChI is InChI=1S/C12H14N2O4S3/c1-6-10(20-8(3)13-6)7(2)14-21(17,18)9-4-5-19-11(9)12(15)16/h4-5,7,14H,1-3H3,(H,15,16). The third kappa shape index (κ3) is 3.31. The number of hydrogen-bond acceptors (Lipinski definition) is 6. The Morgan fingerprint density at radius 1 is 1.43 bits per heavy atom. The molecule has 0 aliphatic carbocycles. The van der Waals surface area contributed by atoms with E-state index in [0.29, 0.717) is 0 Å². The van der Waals surface area contributed by atoms with Crippen molar-refractivity contribution in [1.82, 2.24) is 9.71 Å². The molecule has 0 aromatic carbocycles. The third-order valence-electron chi connectivity index (χ3n) is 2.78. The smallest absolute Gasteiger partial charge is 0.347 e. The van der Waals surface area contributed by atoms with Crippen LogP contribution in [0.5, 0.6) is 0 Å². The SMILES string of the molecule is Cc1nc(C)c(C(C)NS(=O)(=O)c2ccsc2C(=O)O)s1. The number of aryl methyl sites for hydroxylation is 2. The van der Waals surface area contributed by atoms with Crippen LogP contribution in [-0.4, -0.2) is 24.5 Å². The molecular formula is C12H14N2O4S3. The molecule has 2 rings (SSSR count). The summed E-state index contributed by atoms with van der Waals surface area (Å²) in [5.41, 5.74) is 0.775. The van der Waals surface area contributed by atoms with Gasteiger partial charge in [0.2, 0.25) is 10.0 Å². The predicted octanol–water partition coefficient (Wildman–Crippen LogP) is 2.56. The molecule has 21 heavy (non-hydrogen) atoms. The Balaban J connectivity index is 2.31. The van der Waals surface area contributed by atoms with Gasteiger partial charge in [0.1, 0.15) is 9.77 Å². The van der Waals surface area contributed by atoms with Crippen LogP contribution in [0.25, 0.3) is 0 Å². The fourth-order valence-electron chi connectivity index (χ4n) is 1.96. The summed E-state index contributed by atoms with van der Waals surface area (Å²) >= 11 is 2.31. The second-order valence-electron chi connectivity index (χ2n) is 4.44. The minimum absolute atomic E-state index is 0.188. The number of sulfonamides is 1. The Morgan fingerprint density at radius 3 is 2.62 bits per heavy atom. The number of carbonyl (C=O) groups is 1. The van der Waals surface area contributed by atoms with Gasteiger partial charge in [-0.1, -0.05) is 0 Å². The Bertz CT molecular complexity index is 776. The fraction of sp³-hybridized carbons (Fsp3) is 0.333. The van der Waals surface area contributed by atoms with Gasteiger partial charge in [0.15, 0.2) is 0 Å². The Hall–Kier alpha value is -1.29. The summed E-state index contributed by atoms with van der Waals surface area (Å²) in [6, 6.07) is 0.830. The fourth-order valence-corrected chi connectivity index (χ4v) is 5.44.